The van der Waals surface area contributed by atoms with Crippen LogP contribution in [0.3, 0.4) is 0 Å². The Morgan fingerprint density at radius 2 is 1.67 bits per heavy atom. The van der Waals surface area contributed by atoms with Crippen molar-refractivity contribution >= 4 is 6.09 Å². The van der Waals surface area contributed by atoms with Gasteiger partial charge >= 0.3 is 6.09 Å². The van der Waals surface area contributed by atoms with Gasteiger partial charge in [0.25, 0.3) is 0 Å². The lowest BCUT2D eigenvalue weighted by Gasteiger charge is -2.43. The monoisotopic (exact) mass is 361 g/mol. The van der Waals surface area contributed by atoms with E-state index < -0.39 is 0 Å². The molecule has 4 aliphatic rings. The van der Waals surface area contributed by atoms with Crippen molar-refractivity contribution in [2.24, 2.45) is 11.8 Å². The number of nitrogens with zero attached hydrogens (tertiary/aromatic N) is 1. The molecule has 0 spiro atoms. The number of hydrogen-bond donors (Lipinski definition) is 0. The van der Waals surface area contributed by atoms with E-state index in [0.717, 1.165) is 30.9 Å². The summed E-state index contributed by atoms with van der Waals surface area (Å²) in [5.41, 5.74) is 3.73. The highest BCUT2D eigenvalue weighted by Crippen LogP contribution is 2.43. The normalized spacial score (nSPS) is 29.3. The Bertz CT molecular complexity index is 810. The van der Waals surface area contributed by atoms with Crippen molar-refractivity contribution in [3.63, 3.8) is 0 Å². The average Bonchev–Trinajstić information content (AvgIpc) is 2.74. The molecule has 2 aromatic rings. The van der Waals surface area contributed by atoms with E-state index in [1.807, 2.05) is 11.0 Å². The number of carbonyl (C=O) groups excluding carboxylic acids is 1. The molecule has 1 aliphatic heterocycles. The fourth-order valence-electron chi connectivity index (χ4n) is 5.42. The summed E-state index contributed by atoms with van der Waals surface area (Å²) in [7, 11) is 0. The Labute approximate surface area is 161 Å². The zero-order chi connectivity index (χ0) is 18.2. The first-order valence-electron chi connectivity index (χ1n) is 10.4. The molecule has 0 saturated heterocycles. The summed E-state index contributed by atoms with van der Waals surface area (Å²) in [4.78, 5) is 15.2. The van der Waals surface area contributed by atoms with Crippen LogP contribution < -0.4 is 0 Å². The second-order valence-electron chi connectivity index (χ2n) is 8.39. The second kappa shape index (κ2) is 7.03. The molecule has 3 nitrogen and oxygen atoms in total. The molecule has 3 saturated carbocycles. The van der Waals surface area contributed by atoms with Gasteiger partial charge in [0.1, 0.15) is 6.10 Å². The quantitative estimate of drug-likeness (QED) is 0.722. The number of ether oxygens (including phenoxy) is 1. The van der Waals surface area contributed by atoms with Gasteiger partial charge in [-0.3, -0.25) is 4.90 Å². The van der Waals surface area contributed by atoms with Crippen LogP contribution >= 0.6 is 0 Å². The Balaban J connectivity index is 1.43. The SMILES string of the molecule is O=C(OC1CC2CCC1CC2)N1CCc2ccccc2[C@@H]1c1ccccc1. The van der Waals surface area contributed by atoms with Gasteiger partial charge in [-0.15, -0.1) is 0 Å². The Morgan fingerprint density at radius 1 is 0.926 bits per heavy atom. The number of fused-ring (bicyclic) bond motifs is 4. The van der Waals surface area contributed by atoms with Crippen LogP contribution in [0.5, 0.6) is 0 Å². The first-order chi connectivity index (χ1) is 13.3. The van der Waals surface area contributed by atoms with Crippen molar-refractivity contribution in [2.45, 2.75) is 50.7 Å². The van der Waals surface area contributed by atoms with E-state index in [1.165, 1.54) is 36.8 Å². The summed E-state index contributed by atoms with van der Waals surface area (Å²) < 4.78 is 6.12. The van der Waals surface area contributed by atoms with Crippen molar-refractivity contribution in [3.8, 4) is 0 Å². The number of benzene rings is 2. The lowest BCUT2D eigenvalue weighted by molar-refractivity contribution is -0.0297. The molecule has 2 aromatic carbocycles. The van der Waals surface area contributed by atoms with Crippen molar-refractivity contribution in [1.29, 1.82) is 0 Å². The molecule has 0 radical (unpaired) electrons. The maximum atomic E-state index is 13.2. The third kappa shape index (κ3) is 3.13. The minimum Gasteiger partial charge on any atom is -0.446 e. The third-order valence-corrected chi connectivity index (χ3v) is 6.87. The topological polar surface area (TPSA) is 29.5 Å². The first-order valence-corrected chi connectivity index (χ1v) is 10.4. The molecule has 0 N–H and O–H groups in total. The van der Waals surface area contributed by atoms with Gasteiger partial charge in [-0.25, -0.2) is 4.79 Å². The van der Waals surface area contributed by atoms with E-state index in [-0.39, 0.29) is 18.2 Å². The zero-order valence-electron chi connectivity index (χ0n) is 15.7. The van der Waals surface area contributed by atoms with Gasteiger partial charge in [0.15, 0.2) is 0 Å². The summed E-state index contributed by atoms with van der Waals surface area (Å²) in [5, 5.41) is 0. The van der Waals surface area contributed by atoms with Crippen LogP contribution in [-0.4, -0.2) is 23.6 Å². The molecule has 2 bridgehead atoms. The van der Waals surface area contributed by atoms with Crippen LogP contribution in [0.1, 0.15) is 54.8 Å². The van der Waals surface area contributed by atoms with Gasteiger partial charge in [0.2, 0.25) is 0 Å². The lowest BCUT2D eigenvalue weighted by Crippen LogP contribution is -2.45. The van der Waals surface area contributed by atoms with Gasteiger partial charge in [-0.05, 0) is 67.1 Å². The number of hydrogen-bond acceptors (Lipinski definition) is 2. The van der Waals surface area contributed by atoms with Crippen LogP contribution in [0.4, 0.5) is 4.79 Å². The molecule has 3 heteroatoms. The number of rotatable bonds is 2. The molecule has 3 aliphatic carbocycles. The van der Waals surface area contributed by atoms with Crippen molar-refractivity contribution in [2.75, 3.05) is 6.54 Å². The van der Waals surface area contributed by atoms with E-state index in [4.69, 9.17) is 4.74 Å². The molecule has 27 heavy (non-hydrogen) atoms. The molecule has 3 fully saturated rings. The first kappa shape index (κ1) is 16.9. The van der Waals surface area contributed by atoms with Gasteiger partial charge in [-0.1, -0.05) is 54.6 Å². The highest BCUT2D eigenvalue weighted by atomic mass is 16.6. The van der Waals surface area contributed by atoms with Crippen molar-refractivity contribution in [1.82, 2.24) is 4.90 Å². The van der Waals surface area contributed by atoms with E-state index >= 15 is 0 Å². The third-order valence-electron chi connectivity index (χ3n) is 6.87. The number of amides is 1. The standard InChI is InChI=1S/C24H27NO2/c26-24(27-22-16-17-10-12-19(22)13-11-17)25-15-14-18-6-4-5-9-21(18)23(25)20-7-2-1-3-8-20/h1-9,17,19,22-23H,10-16H2/t17?,19?,22?,23-/m0/s1. The molecular weight excluding hydrogens is 334 g/mol. The maximum absolute atomic E-state index is 13.2. The van der Waals surface area contributed by atoms with Crippen molar-refractivity contribution < 1.29 is 9.53 Å². The molecule has 1 amide bonds. The highest BCUT2D eigenvalue weighted by Gasteiger charge is 2.40. The van der Waals surface area contributed by atoms with Crippen LogP contribution in [0, 0.1) is 11.8 Å². The van der Waals surface area contributed by atoms with Crippen LogP contribution in [0.25, 0.3) is 0 Å². The Hall–Kier alpha value is -2.29. The Morgan fingerprint density at radius 3 is 2.41 bits per heavy atom. The van der Waals surface area contributed by atoms with Gasteiger partial charge in [0.05, 0.1) is 6.04 Å². The summed E-state index contributed by atoms with van der Waals surface area (Å²) in [6, 6.07) is 18.8. The number of carbonyl (C=O) groups is 1. The fourth-order valence-corrected chi connectivity index (χ4v) is 5.42. The van der Waals surface area contributed by atoms with E-state index in [2.05, 4.69) is 48.5 Å². The van der Waals surface area contributed by atoms with Crippen LogP contribution in [0.15, 0.2) is 54.6 Å². The Kier molecular flexibility index (Phi) is 4.39. The van der Waals surface area contributed by atoms with Gasteiger partial charge in [0, 0.05) is 6.54 Å². The lowest BCUT2D eigenvalue weighted by atomic mass is 9.69. The van der Waals surface area contributed by atoms with E-state index in [9.17, 15) is 4.79 Å². The zero-order valence-corrected chi connectivity index (χ0v) is 15.7. The van der Waals surface area contributed by atoms with E-state index in [0.29, 0.717) is 5.92 Å². The predicted molar refractivity (Wildman–Crippen MR) is 105 cm³/mol. The molecule has 140 valence electrons. The summed E-state index contributed by atoms with van der Waals surface area (Å²) in [6.07, 6.45) is 7.06. The van der Waals surface area contributed by atoms with Crippen molar-refractivity contribution in [3.05, 3.63) is 71.3 Å². The molecule has 1 unspecified atom stereocenters. The average molecular weight is 361 g/mol. The summed E-state index contributed by atoms with van der Waals surface area (Å²) in [6.45, 7) is 0.718. The maximum Gasteiger partial charge on any atom is 0.410 e. The second-order valence-corrected chi connectivity index (χ2v) is 8.39. The van der Waals surface area contributed by atoms with Gasteiger partial charge < -0.3 is 4.74 Å². The largest absolute Gasteiger partial charge is 0.446 e. The molecule has 0 aromatic heterocycles. The van der Waals surface area contributed by atoms with E-state index in [1.54, 1.807) is 0 Å². The highest BCUT2D eigenvalue weighted by molar-refractivity contribution is 5.70. The minimum absolute atomic E-state index is 0.0515. The summed E-state index contributed by atoms with van der Waals surface area (Å²) in [5.74, 6) is 1.34. The van der Waals surface area contributed by atoms with Gasteiger partial charge in [-0.2, -0.15) is 0 Å². The fraction of sp³-hybridized carbons (Fsp3) is 0.458. The molecule has 6 rings (SSSR count). The molecule has 2 atom stereocenters. The van der Waals surface area contributed by atoms with Crippen LogP contribution in [0.2, 0.25) is 0 Å². The predicted octanol–water partition coefficient (Wildman–Crippen LogP) is 5.35. The van der Waals surface area contributed by atoms with Crippen LogP contribution in [-0.2, 0) is 11.2 Å². The molecular formula is C24H27NO2. The smallest absolute Gasteiger partial charge is 0.410 e. The molecule has 1 heterocycles. The summed E-state index contributed by atoms with van der Waals surface area (Å²) >= 11 is 0. The minimum atomic E-state index is -0.129.